The Morgan fingerprint density at radius 1 is 1.46 bits per heavy atom. The SMILES string of the molecule is CC(C)n1c(CCNC(=O)C2CC23CCCc2ccccc23)n[nH]c1=S. The molecule has 2 unspecified atom stereocenters. The van der Waals surface area contributed by atoms with Crippen LogP contribution in [0.2, 0.25) is 0 Å². The van der Waals surface area contributed by atoms with Gasteiger partial charge < -0.3 is 9.88 Å². The molecule has 0 aliphatic heterocycles. The lowest BCUT2D eigenvalue weighted by molar-refractivity contribution is -0.122. The maximum Gasteiger partial charge on any atom is 0.224 e. The minimum Gasteiger partial charge on any atom is -0.355 e. The predicted octanol–water partition coefficient (Wildman–Crippen LogP) is 3.47. The van der Waals surface area contributed by atoms with Crippen molar-refractivity contribution in [1.82, 2.24) is 20.1 Å². The smallest absolute Gasteiger partial charge is 0.224 e. The summed E-state index contributed by atoms with van der Waals surface area (Å²) >= 11 is 5.28. The van der Waals surface area contributed by atoms with Crippen molar-refractivity contribution in [1.29, 1.82) is 0 Å². The van der Waals surface area contributed by atoms with Crippen molar-refractivity contribution in [2.45, 2.75) is 57.4 Å². The van der Waals surface area contributed by atoms with Crippen LogP contribution in [0.5, 0.6) is 0 Å². The van der Waals surface area contributed by atoms with E-state index in [0.29, 0.717) is 17.7 Å². The Balaban J connectivity index is 1.39. The molecule has 2 aromatic rings. The largest absolute Gasteiger partial charge is 0.355 e. The molecule has 0 radical (unpaired) electrons. The standard InChI is InChI=1S/C20H26N4OS/c1-13(2)24-17(22-23-19(24)26)9-11-21-18(25)16-12-20(16)10-5-7-14-6-3-4-8-15(14)20/h3-4,6,8,13,16H,5,7,9-12H2,1-2H3,(H,21,25)(H,23,26). The van der Waals surface area contributed by atoms with E-state index < -0.39 is 0 Å². The number of aromatic nitrogens is 3. The van der Waals surface area contributed by atoms with Crippen molar-refractivity contribution in [3.05, 3.63) is 46.0 Å². The summed E-state index contributed by atoms with van der Waals surface area (Å²) in [5, 5.41) is 10.3. The summed E-state index contributed by atoms with van der Waals surface area (Å²) in [5.74, 6) is 1.21. The van der Waals surface area contributed by atoms with E-state index in [1.54, 1.807) is 0 Å². The minimum atomic E-state index is 0.0941. The van der Waals surface area contributed by atoms with Crippen molar-refractivity contribution < 1.29 is 4.79 Å². The Hall–Kier alpha value is -1.95. The van der Waals surface area contributed by atoms with Gasteiger partial charge >= 0.3 is 0 Å². The second-order valence-corrected chi connectivity index (χ2v) is 8.26. The number of amides is 1. The molecule has 1 aromatic carbocycles. The van der Waals surface area contributed by atoms with Crippen LogP contribution in [0.3, 0.4) is 0 Å². The van der Waals surface area contributed by atoms with Gasteiger partial charge in [0.2, 0.25) is 5.91 Å². The van der Waals surface area contributed by atoms with Gasteiger partial charge in [-0.15, -0.1) is 0 Å². The van der Waals surface area contributed by atoms with Crippen LogP contribution >= 0.6 is 12.2 Å². The van der Waals surface area contributed by atoms with E-state index >= 15 is 0 Å². The van der Waals surface area contributed by atoms with Crippen LogP contribution in [-0.2, 0) is 23.1 Å². The van der Waals surface area contributed by atoms with Crippen molar-refractivity contribution >= 4 is 18.1 Å². The Bertz CT molecular complexity index is 884. The van der Waals surface area contributed by atoms with E-state index in [2.05, 4.69) is 53.6 Å². The first kappa shape index (κ1) is 17.5. The normalized spacial score (nSPS) is 23.9. The fourth-order valence-electron chi connectivity index (χ4n) is 4.64. The van der Waals surface area contributed by atoms with E-state index in [4.69, 9.17) is 12.2 Å². The van der Waals surface area contributed by atoms with Gasteiger partial charge in [-0.1, -0.05) is 24.3 Å². The third-order valence-corrected chi connectivity index (χ3v) is 6.24. The molecule has 26 heavy (non-hydrogen) atoms. The minimum absolute atomic E-state index is 0.0941. The lowest BCUT2D eigenvalue weighted by Crippen LogP contribution is -2.32. The molecule has 1 amide bonds. The summed E-state index contributed by atoms with van der Waals surface area (Å²) in [4.78, 5) is 12.7. The van der Waals surface area contributed by atoms with Gasteiger partial charge in [-0.2, -0.15) is 5.10 Å². The van der Waals surface area contributed by atoms with Crippen LogP contribution in [0.25, 0.3) is 0 Å². The highest BCUT2D eigenvalue weighted by molar-refractivity contribution is 7.71. The first-order chi connectivity index (χ1) is 12.5. The summed E-state index contributed by atoms with van der Waals surface area (Å²) < 4.78 is 2.65. The van der Waals surface area contributed by atoms with Crippen LogP contribution in [-0.4, -0.2) is 27.2 Å². The number of nitrogens with zero attached hydrogens (tertiary/aromatic N) is 2. The summed E-state index contributed by atoms with van der Waals surface area (Å²) in [6, 6.07) is 8.92. The zero-order chi connectivity index (χ0) is 18.3. The molecule has 2 atom stereocenters. The second kappa shape index (κ2) is 6.65. The second-order valence-electron chi connectivity index (χ2n) is 7.87. The molecule has 138 valence electrons. The van der Waals surface area contributed by atoms with Crippen LogP contribution in [0, 0.1) is 10.7 Å². The van der Waals surface area contributed by atoms with E-state index in [1.807, 2.05) is 4.57 Å². The lowest BCUT2D eigenvalue weighted by Gasteiger charge is -2.26. The van der Waals surface area contributed by atoms with Crippen LogP contribution in [0.4, 0.5) is 0 Å². The van der Waals surface area contributed by atoms with E-state index in [1.165, 1.54) is 17.5 Å². The fraction of sp³-hybridized carbons (Fsp3) is 0.550. The third kappa shape index (κ3) is 2.90. The summed E-state index contributed by atoms with van der Waals surface area (Å²) in [5.41, 5.74) is 2.94. The number of hydrogen-bond donors (Lipinski definition) is 2. The maximum absolute atomic E-state index is 12.7. The van der Waals surface area contributed by atoms with Crippen molar-refractivity contribution in [3.63, 3.8) is 0 Å². The predicted molar refractivity (Wildman–Crippen MR) is 104 cm³/mol. The number of H-pyrrole nitrogens is 1. The molecule has 2 aliphatic carbocycles. The van der Waals surface area contributed by atoms with E-state index in [9.17, 15) is 4.79 Å². The lowest BCUT2D eigenvalue weighted by atomic mass is 9.78. The highest BCUT2D eigenvalue weighted by Crippen LogP contribution is 2.60. The Morgan fingerprint density at radius 2 is 2.27 bits per heavy atom. The summed E-state index contributed by atoms with van der Waals surface area (Å²) in [6.45, 7) is 4.77. The van der Waals surface area contributed by atoms with Gasteiger partial charge in [0.1, 0.15) is 5.82 Å². The first-order valence-electron chi connectivity index (χ1n) is 9.55. The third-order valence-electron chi connectivity index (χ3n) is 5.96. The molecule has 1 heterocycles. The van der Waals surface area contributed by atoms with Crippen molar-refractivity contribution in [2.24, 2.45) is 5.92 Å². The number of aryl methyl sites for hydroxylation is 1. The van der Waals surface area contributed by atoms with Gasteiger partial charge in [-0.05, 0) is 62.9 Å². The Kier molecular flexibility index (Phi) is 4.47. The molecule has 1 fully saturated rings. The number of nitrogens with one attached hydrogen (secondary N) is 2. The maximum atomic E-state index is 12.7. The van der Waals surface area contributed by atoms with Crippen molar-refractivity contribution in [3.8, 4) is 0 Å². The molecule has 6 heteroatoms. The number of carbonyl (C=O) groups is 1. The molecule has 0 bridgehead atoms. The Labute approximate surface area is 159 Å². The topological polar surface area (TPSA) is 62.7 Å². The molecule has 2 aliphatic rings. The first-order valence-corrected chi connectivity index (χ1v) is 9.95. The molecule has 4 rings (SSSR count). The van der Waals surface area contributed by atoms with E-state index in [0.717, 1.165) is 25.1 Å². The van der Waals surface area contributed by atoms with Gasteiger partial charge in [0, 0.05) is 30.3 Å². The van der Waals surface area contributed by atoms with Gasteiger partial charge in [-0.25, -0.2) is 0 Å². The summed E-state index contributed by atoms with van der Waals surface area (Å²) in [7, 11) is 0. The van der Waals surface area contributed by atoms with Gasteiger partial charge in [0.05, 0.1) is 0 Å². The fourth-order valence-corrected chi connectivity index (χ4v) is 5.00. The zero-order valence-corrected chi connectivity index (χ0v) is 16.2. The summed E-state index contributed by atoms with van der Waals surface area (Å²) in [6.07, 6.45) is 5.14. The highest BCUT2D eigenvalue weighted by atomic mass is 32.1. The number of carbonyl (C=O) groups excluding carboxylic acids is 1. The molecule has 1 spiro atoms. The molecule has 1 aromatic heterocycles. The van der Waals surface area contributed by atoms with Crippen molar-refractivity contribution in [2.75, 3.05) is 6.54 Å². The average molecular weight is 371 g/mol. The molecule has 1 saturated carbocycles. The monoisotopic (exact) mass is 370 g/mol. The molecule has 0 saturated heterocycles. The molecule has 5 nitrogen and oxygen atoms in total. The van der Waals surface area contributed by atoms with E-state index in [-0.39, 0.29) is 23.3 Å². The van der Waals surface area contributed by atoms with Gasteiger partial charge in [-0.3, -0.25) is 9.89 Å². The van der Waals surface area contributed by atoms with Gasteiger partial charge in [0.25, 0.3) is 0 Å². The van der Waals surface area contributed by atoms with Gasteiger partial charge in [0.15, 0.2) is 4.77 Å². The molecular formula is C20H26N4OS. The number of benzene rings is 1. The number of hydrogen-bond acceptors (Lipinski definition) is 3. The van der Waals surface area contributed by atoms with Crippen LogP contribution in [0.15, 0.2) is 24.3 Å². The number of rotatable bonds is 5. The van der Waals surface area contributed by atoms with Crippen LogP contribution < -0.4 is 5.32 Å². The number of fused-ring (bicyclic) bond motifs is 2. The van der Waals surface area contributed by atoms with Crippen LogP contribution in [0.1, 0.15) is 56.1 Å². The highest BCUT2D eigenvalue weighted by Gasteiger charge is 2.59. The number of aromatic amines is 1. The molecular weight excluding hydrogens is 344 g/mol. The zero-order valence-electron chi connectivity index (χ0n) is 15.4. The quantitative estimate of drug-likeness (QED) is 0.792. The molecule has 2 N–H and O–H groups in total. The Morgan fingerprint density at radius 3 is 3.08 bits per heavy atom. The average Bonchev–Trinajstić information content (AvgIpc) is 3.21.